The van der Waals surface area contributed by atoms with Crippen molar-refractivity contribution in [1.82, 2.24) is 10.2 Å². The standard InChI is InChI=1S/C19H20N4/c1-23(11-20)18-8-12-4-5-13-10-17-14(3-2-6-22-17)9-16(19(18)21)15(13)7-12/h2-9,11,17,19-20,22H,10,21H2,1H3. The van der Waals surface area contributed by atoms with Crippen LogP contribution in [0.25, 0.3) is 11.6 Å². The summed E-state index contributed by atoms with van der Waals surface area (Å²) in [5, 5.41) is 11.0. The van der Waals surface area contributed by atoms with E-state index in [1.807, 2.05) is 19.3 Å². The zero-order chi connectivity index (χ0) is 16.0. The summed E-state index contributed by atoms with van der Waals surface area (Å²) in [6, 6.07) is 6.61. The van der Waals surface area contributed by atoms with E-state index in [4.69, 9.17) is 11.1 Å². The Kier molecular flexibility index (Phi) is 3.20. The van der Waals surface area contributed by atoms with E-state index in [0.29, 0.717) is 6.04 Å². The average Bonchev–Trinajstić information content (AvgIpc) is 2.80. The molecule has 2 unspecified atom stereocenters. The molecule has 1 aromatic carbocycles. The van der Waals surface area contributed by atoms with E-state index in [9.17, 15) is 0 Å². The van der Waals surface area contributed by atoms with Gasteiger partial charge in [-0.2, -0.15) is 0 Å². The van der Waals surface area contributed by atoms with Crippen LogP contribution in [0, 0.1) is 5.41 Å². The van der Waals surface area contributed by atoms with Gasteiger partial charge < -0.3 is 16.0 Å². The Morgan fingerprint density at radius 1 is 1.35 bits per heavy atom. The van der Waals surface area contributed by atoms with Gasteiger partial charge in [0.15, 0.2) is 0 Å². The van der Waals surface area contributed by atoms with E-state index in [2.05, 4.69) is 41.7 Å². The lowest BCUT2D eigenvalue weighted by Gasteiger charge is -2.24. The van der Waals surface area contributed by atoms with Crippen LogP contribution < -0.4 is 11.1 Å². The molecule has 4 N–H and O–H groups in total. The molecule has 4 nitrogen and oxygen atoms in total. The number of benzene rings is 1. The molecule has 1 aliphatic heterocycles. The molecule has 2 atom stereocenters. The molecule has 2 bridgehead atoms. The third-order valence-electron chi connectivity index (χ3n) is 4.84. The highest BCUT2D eigenvalue weighted by Gasteiger charge is 2.28. The number of nitrogens with two attached hydrogens (primary N) is 1. The minimum absolute atomic E-state index is 0.245. The molecule has 0 aromatic heterocycles. The van der Waals surface area contributed by atoms with Crippen molar-refractivity contribution in [2.24, 2.45) is 5.73 Å². The lowest BCUT2D eigenvalue weighted by molar-refractivity contribution is 0.604. The molecular weight excluding hydrogens is 284 g/mol. The van der Waals surface area contributed by atoms with Crippen LogP contribution in [0.1, 0.15) is 16.7 Å². The summed E-state index contributed by atoms with van der Waals surface area (Å²) >= 11 is 0. The molecule has 0 amide bonds. The molecule has 4 heteroatoms. The summed E-state index contributed by atoms with van der Waals surface area (Å²) in [6.45, 7) is 0. The van der Waals surface area contributed by atoms with E-state index >= 15 is 0 Å². The van der Waals surface area contributed by atoms with Crippen LogP contribution in [0.15, 0.2) is 53.9 Å². The Bertz CT molecular complexity index is 798. The number of allylic oxidation sites excluding steroid dienone is 2. The number of hydrogen-bond acceptors (Lipinski definition) is 3. The normalized spacial score (nSPS) is 24.2. The van der Waals surface area contributed by atoms with Gasteiger partial charge in [-0.05, 0) is 58.7 Å². The second-order valence-electron chi connectivity index (χ2n) is 6.25. The smallest absolute Gasteiger partial charge is 0.0857 e. The van der Waals surface area contributed by atoms with Crippen LogP contribution in [0.4, 0.5) is 0 Å². The lowest BCUT2D eigenvalue weighted by Crippen LogP contribution is -2.33. The van der Waals surface area contributed by atoms with Crippen molar-refractivity contribution in [3.05, 3.63) is 70.6 Å². The van der Waals surface area contributed by atoms with Gasteiger partial charge in [-0.1, -0.05) is 24.3 Å². The molecule has 0 fully saturated rings. The molecule has 1 heterocycles. The minimum Gasteiger partial charge on any atom is -0.384 e. The highest BCUT2D eigenvalue weighted by molar-refractivity contribution is 5.84. The first-order valence-corrected chi connectivity index (χ1v) is 7.85. The van der Waals surface area contributed by atoms with Crippen LogP contribution in [0.5, 0.6) is 0 Å². The van der Waals surface area contributed by atoms with Crippen molar-refractivity contribution < 1.29 is 0 Å². The highest BCUT2D eigenvalue weighted by Crippen LogP contribution is 2.36. The van der Waals surface area contributed by atoms with Gasteiger partial charge >= 0.3 is 0 Å². The predicted octanol–water partition coefficient (Wildman–Crippen LogP) is 2.26. The van der Waals surface area contributed by atoms with Crippen LogP contribution in [-0.4, -0.2) is 30.4 Å². The Morgan fingerprint density at radius 2 is 2.22 bits per heavy atom. The summed E-state index contributed by atoms with van der Waals surface area (Å²) in [6.07, 6.45) is 12.8. The monoisotopic (exact) mass is 304 g/mol. The first-order valence-electron chi connectivity index (χ1n) is 7.85. The van der Waals surface area contributed by atoms with Gasteiger partial charge in [-0.3, -0.25) is 5.41 Å². The van der Waals surface area contributed by atoms with Gasteiger partial charge in [-0.15, -0.1) is 0 Å². The van der Waals surface area contributed by atoms with Gasteiger partial charge in [0.1, 0.15) is 0 Å². The zero-order valence-electron chi connectivity index (χ0n) is 13.1. The molecule has 3 aliphatic rings. The van der Waals surface area contributed by atoms with Crippen molar-refractivity contribution in [2.45, 2.75) is 18.5 Å². The number of nitrogens with zero attached hydrogens (tertiary/aromatic N) is 1. The van der Waals surface area contributed by atoms with Gasteiger partial charge in [0.05, 0.1) is 18.4 Å². The maximum atomic E-state index is 7.57. The van der Waals surface area contributed by atoms with Crippen molar-refractivity contribution >= 4 is 18.0 Å². The fourth-order valence-corrected chi connectivity index (χ4v) is 3.55. The number of dihydropyridines is 1. The molecule has 0 spiro atoms. The van der Waals surface area contributed by atoms with E-state index < -0.39 is 0 Å². The number of rotatable bonds is 2. The summed E-state index contributed by atoms with van der Waals surface area (Å²) in [4.78, 5) is 1.79. The number of hydrogen-bond donors (Lipinski definition) is 3. The molecule has 1 aromatic rings. The van der Waals surface area contributed by atoms with E-state index in [0.717, 1.165) is 23.3 Å². The Hall–Kier alpha value is -2.59. The van der Waals surface area contributed by atoms with Crippen molar-refractivity contribution in [3.63, 3.8) is 0 Å². The predicted molar refractivity (Wildman–Crippen MR) is 94.8 cm³/mol. The number of fused-ring (bicyclic) bond motifs is 2. The summed E-state index contributed by atoms with van der Waals surface area (Å²) < 4.78 is 0. The fourth-order valence-electron chi connectivity index (χ4n) is 3.55. The van der Waals surface area contributed by atoms with Gasteiger partial charge in [0.2, 0.25) is 0 Å². The van der Waals surface area contributed by atoms with E-state index in [1.165, 1.54) is 23.0 Å². The molecule has 4 rings (SSSR count). The molecule has 0 saturated heterocycles. The highest BCUT2D eigenvalue weighted by atomic mass is 15.1. The third-order valence-corrected chi connectivity index (χ3v) is 4.84. The van der Waals surface area contributed by atoms with Gasteiger partial charge in [0, 0.05) is 12.7 Å². The Labute approximate surface area is 136 Å². The molecule has 0 radical (unpaired) electrons. The quantitative estimate of drug-likeness (QED) is 0.580. The fraction of sp³-hybridized carbons (Fsp3) is 0.211. The second kappa shape index (κ2) is 5.25. The SMILES string of the molecule is CN(C=N)C1=Cc2ccc3c(c2)C(=CC2=CC=CNC2C3)C1N. The maximum Gasteiger partial charge on any atom is 0.0857 e. The first kappa shape index (κ1) is 14.0. The summed E-state index contributed by atoms with van der Waals surface area (Å²) in [7, 11) is 1.87. The third kappa shape index (κ3) is 2.23. The van der Waals surface area contributed by atoms with Crippen LogP contribution >= 0.6 is 0 Å². The van der Waals surface area contributed by atoms with Crippen LogP contribution in [-0.2, 0) is 6.42 Å². The number of likely N-dealkylation sites (N-methyl/N-ethyl adjacent to an activating group) is 1. The summed E-state index contributed by atoms with van der Waals surface area (Å²) in [5.74, 6) is 0. The minimum atomic E-state index is -0.245. The van der Waals surface area contributed by atoms with Crippen LogP contribution in [0.3, 0.4) is 0 Å². The van der Waals surface area contributed by atoms with Gasteiger partial charge in [0.25, 0.3) is 0 Å². The molecule has 2 aliphatic carbocycles. The topological polar surface area (TPSA) is 65.1 Å². The number of nitrogens with one attached hydrogen (secondary N) is 2. The van der Waals surface area contributed by atoms with Crippen LogP contribution in [0.2, 0.25) is 0 Å². The largest absolute Gasteiger partial charge is 0.384 e. The summed E-state index contributed by atoms with van der Waals surface area (Å²) in [5.41, 5.74) is 13.6. The lowest BCUT2D eigenvalue weighted by atomic mass is 9.94. The van der Waals surface area contributed by atoms with E-state index in [-0.39, 0.29) is 6.04 Å². The van der Waals surface area contributed by atoms with E-state index in [1.54, 1.807) is 4.90 Å². The van der Waals surface area contributed by atoms with Crippen molar-refractivity contribution in [1.29, 1.82) is 5.41 Å². The van der Waals surface area contributed by atoms with Crippen molar-refractivity contribution in [2.75, 3.05) is 7.05 Å². The molecular formula is C19H20N4. The average molecular weight is 304 g/mol. The second-order valence-corrected chi connectivity index (χ2v) is 6.25. The maximum absolute atomic E-state index is 7.57. The molecule has 116 valence electrons. The van der Waals surface area contributed by atoms with Crippen molar-refractivity contribution in [3.8, 4) is 0 Å². The molecule has 23 heavy (non-hydrogen) atoms. The van der Waals surface area contributed by atoms with Gasteiger partial charge in [-0.25, -0.2) is 0 Å². The zero-order valence-corrected chi connectivity index (χ0v) is 13.1. The Balaban J connectivity index is 1.93. The first-order chi connectivity index (χ1) is 11.2. The molecule has 0 saturated carbocycles. The Morgan fingerprint density at radius 3 is 3.04 bits per heavy atom.